The van der Waals surface area contributed by atoms with Gasteiger partial charge in [0.1, 0.15) is 5.58 Å². The smallest absolute Gasteiger partial charge is 0.344 e. The lowest BCUT2D eigenvalue weighted by Crippen LogP contribution is -2.28. The molecule has 3 aromatic rings. The highest BCUT2D eigenvalue weighted by molar-refractivity contribution is 5.86. The first kappa shape index (κ1) is 14.0. The van der Waals surface area contributed by atoms with Crippen molar-refractivity contribution in [1.29, 1.82) is 0 Å². The SMILES string of the molecule is CCN1CCCc2cc3cc(-c4cc[nH+]cc4)c(=O)oc3cc21. The van der Waals surface area contributed by atoms with Gasteiger partial charge >= 0.3 is 5.63 Å². The summed E-state index contributed by atoms with van der Waals surface area (Å²) >= 11 is 0. The molecule has 116 valence electrons. The zero-order chi connectivity index (χ0) is 15.8. The van der Waals surface area contributed by atoms with Crippen LogP contribution in [0.15, 0.2) is 51.9 Å². The van der Waals surface area contributed by atoms with Gasteiger partial charge in [-0.15, -0.1) is 0 Å². The standard InChI is InChI=1S/C19H18N2O2/c1-2-21-9-3-4-14-10-15-11-16(13-5-7-20-8-6-13)19(22)23-18(15)12-17(14)21/h5-8,10-12H,2-4,9H2,1H3/p+1. The average molecular weight is 307 g/mol. The number of nitrogens with one attached hydrogen (secondary N) is 1. The van der Waals surface area contributed by atoms with Crippen LogP contribution in [0.5, 0.6) is 0 Å². The summed E-state index contributed by atoms with van der Waals surface area (Å²) in [4.78, 5) is 17.7. The number of benzene rings is 1. The molecule has 0 spiro atoms. The molecule has 0 atom stereocenters. The number of fused-ring (bicyclic) bond motifs is 2. The first-order valence-corrected chi connectivity index (χ1v) is 8.08. The van der Waals surface area contributed by atoms with Crippen LogP contribution in [-0.2, 0) is 6.42 Å². The highest BCUT2D eigenvalue weighted by Crippen LogP contribution is 2.32. The maximum Gasteiger partial charge on any atom is 0.344 e. The Kier molecular flexibility index (Phi) is 3.37. The van der Waals surface area contributed by atoms with Gasteiger partial charge in [-0.05, 0) is 37.5 Å². The second-order valence-corrected chi connectivity index (χ2v) is 5.94. The van der Waals surface area contributed by atoms with Gasteiger partial charge in [-0.2, -0.15) is 0 Å². The van der Waals surface area contributed by atoms with E-state index in [0.717, 1.165) is 30.5 Å². The molecule has 23 heavy (non-hydrogen) atoms. The molecule has 0 radical (unpaired) electrons. The average Bonchev–Trinajstić information content (AvgIpc) is 2.59. The van der Waals surface area contributed by atoms with Crippen molar-refractivity contribution in [3.05, 3.63) is 58.7 Å². The predicted octanol–water partition coefficient (Wildman–Crippen LogP) is 3.05. The summed E-state index contributed by atoms with van der Waals surface area (Å²) in [6.45, 7) is 4.20. The molecule has 3 heterocycles. The Morgan fingerprint density at radius 2 is 2.04 bits per heavy atom. The second kappa shape index (κ2) is 5.54. The molecule has 4 rings (SSSR count). The van der Waals surface area contributed by atoms with Crippen molar-refractivity contribution in [2.24, 2.45) is 0 Å². The van der Waals surface area contributed by atoms with Gasteiger partial charge in [0.2, 0.25) is 0 Å². The Balaban J connectivity index is 1.92. The fourth-order valence-corrected chi connectivity index (χ4v) is 3.37. The molecule has 0 saturated heterocycles. The Labute approximate surface area is 134 Å². The van der Waals surface area contributed by atoms with Gasteiger partial charge in [-0.3, -0.25) is 0 Å². The van der Waals surface area contributed by atoms with Crippen molar-refractivity contribution >= 4 is 16.7 Å². The van der Waals surface area contributed by atoms with Crippen molar-refractivity contribution in [3.8, 4) is 11.1 Å². The van der Waals surface area contributed by atoms with Crippen LogP contribution < -0.4 is 15.5 Å². The van der Waals surface area contributed by atoms with Gasteiger partial charge in [-0.25, -0.2) is 9.78 Å². The first-order chi connectivity index (χ1) is 11.3. The third-order valence-electron chi connectivity index (χ3n) is 4.56. The van der Waals surface area contributed by atoms with E-state index in [-0.39, 0.29) is 5.63 Å². The third kappa shape index (κ3) is 2.40. The van der Waals surface area contributed by atoms with Gasteiger partial charge < -0.3 is 9.32 Å². The minimum Gasteiger partial charge on any atom is -0.422 e. The van der Waals surface area contributed by atoms with Crippen LogP contribution in [0, 0.1) is 0 Å². The summed E-state index contributed by atoms with van der Waals surface area (Å²) in [5.74, 6) is 0. The van der Waals surface area contributed by atoms with Crippen LogP contribution in [0.2, 0.25) is 0 Å². The van der Waals surface area contributed by atoms with Crippen molar-refractivity contribution in [1.82, 2.24) is 0 Å². The van der Waals surface area contributed by atoms with Crippen molar-refractivity contribution < 1.29 is 9.40 Å². The molecule has 0 fully saturated rings. The maximum absolute atomic E-state index is 12.4. The monoisotopic (exact) mass is 307 g/mol. The number of hydrogen-bond donors (Lipinski definition) is 0. The molecule has 4 heteroatoms. The van der Waals surface area contributed by atoms with E-state index < -0.39 is 0 Å². The number of H-pyrrole nitrogens is 1. The number of aromatic amines is 1. The molecule has 0 amide bonds. The van der Waals surface area contributed by atoms with Gasteiger partial charge in [0.05, 0.1) is 5.56 Å². The van der Waals surface area contributed by atoms with E-state index in [1.807, 2.05) is 36.7 Å². The summed E-state index contributed by atoms with van der Waals surface area (Å²) in [5, 5.41) is 0.990. The zero-order valence-corrected chi connectivity index (χ0v) is 13.1. The molecule has 1 aliphatic rings. The van der Waals surface area contributed by atoms with E-state index in [4.69, 9.17) is 4.42 Å². The van der Waals surface area contributed by atoms with Crippen LogP contribution in [-0.4, -0.2) is 13.1 Å². The van der Waals surface area contributed by atoms with Crippen LogP contribution >= 0.6 is 0 Å². The summed E-state index contributed by atoms with van der Waals surface area (Å²) in [5.41, 5.74) is 4.40. The van der Waals surface area contributed by atoms with Crippen molar-refractivity contribution in [2.45, 2.75) is 19.8 Å². The minimum absolute atomic E-state index is 0.289. The summed E-state index contributed by atoms with van der Waals surface area (Å²) in [6, 6.07) is 9.91. The minimum atomic E-state index is -0.289. The van der Waals surface area contributed by atoms with Crippen LogP contribution in [0.4, 0.5) is 5.69 Å². The number of nitrogens with zero attached hydrogens (tertiary/aromatic N) is 1. The highest BCUT2D eigenvalue weighted by atomic mass is 16.4. The number of aromatic nitrogens is 1. The molecule has 1 N–H and O–H groups in total. The highest BCUT2D eigenvalue weighted by Gasteiger charge is 2.18. The molecule has 0 bridgehead atoms. The first-order valence-electron chi connectivity index (χ1n) is 8.08. The van der Waals surface area contributed by atoms with Gasteiger partial charge in [0.15, 0.2) is 12.4 Å². The lowest BCUT2D eigenvalue weighted by atomic mass is 9.98. The Hall–Kier alpha value is -2.62. The van der Waals surface area contributed by atoms with Crippen LogP contribution in [0.1, 0.15) is 18.9 Å². The molecular formula is C19H19N2O2+. The normalized spacial score (nSPS) is 14.0. The van der Waals surface area contributed by atoms with Crippen LogP contribution in [0.3, 0.4) is 0 Å². The molecule has 0 unspecified atom stereocenters. The maximum atomic E-state index is 12.4. The molecule has 0 saturated carbocycles. The fraction of sp³-hybridized carbons (Fsp3) is 0.263. The summed E-state index contributed by atoms with van der Waals surface area (Å²) in [6.07, 6.45) is 5.87. The number of rotatable bonds is 2. The van der Waals surface area contributed by atoms with E-state index in [0.29, 0.717) is 11.1 Å². The van der Waals surface area contributed by atoms with Crippen molar-refractivity contribution in [2.75, 3.05) is 18.0 Å². The molecule has 4 nitrogen and oxygen atoms in total. The third-order valence-corrected chi connectivity index (χ3v) is 4.56. The van der Waals surface area contributed by atoms with Crippen molar-refractivity contribution in [3.63, 3.8) is 0 Å². The Morgan fingerprint density at radius 3 is 2.83 bits per heavy atom. The lowest BCUT2D eigenvalue weighted by molar-refractivity contribution is -0.377. The van der Waals surface area contributed by atoms with E-state index in [1.165, 1.54) is 17.7 Å². The van der Waals surface area contributed by atoms with E-state index in [9.17, 15) is 4.79 Å². The van der Waals surface area contributed by atoms with Gasteiger partial charge in [0.25, 0.3) is 0 Å². The predicted molar refractivity (Wildman–Crippen MR) is 90.7 cm³/mol. The largest absolute Gasteiger partial charge is 0.422 e. The van der Waals surface area contributed by atoms with E-state index >= 15 is 0 Å². The number of pyridine rings is 1. The zero-order valence-electron chi connectivity index (χ0n) is 13.1. The van der Waals surface area contributed by atoms with Gasteiger partial charge in [-0.1, -0.05) is 0 Å². The topological polar surface area (TPSA) is 47.6 Å². The van der Waals surface area contributed by atoms with Crippen LogP contribution in [0.25, 0.3) is 22.1 Å². The Morgan fingerprint density at radius 1 is 1.22 bits per heavy atom. The number of aryl methyl sites for hydroxylation is 1. The van der Waals surface area contributed by atoms with E-state index in [1.54, 1.807) is 0 Å². The lowest BCUT2D eigenvalue weighted by Gasteiger charge is -2.30. The summed E-state index contributed by atoms with van der Waals surface area (Å²) in [7, 11) is 0. The number of hydrogen-bond acceptors (Lipinski definition) is 3. The molecule has 1 aliphatic heterocycles. The van der Waals surface area contributed by atoms with E-state index in [2.05, 4.69) is 22.9 Å². The summed E-state index contributed by atoms with van der Waals surface area (Å²) < 4.78 is 5.61. The Bertz CT molecular complexity index is 916. The van der Waals surface area contributed by atoms with Gasteiger partial charge in [0, 0.05) is 47.9 Å². The molecular weight excluding hydrogens is 288 g/mol. The fourth-order valence-electron chi connectivity index (χ4n) is 3.37. The molecule has 2 aromatic heterocycles. The molecule has 1 aromatic carbocycles. The molecule has 0 aliphatic carbocycles. The number of anilines is 1. The quantitative estimate of drug-likeness (QED) is 0.684. The second-order valence-electron chi connectivity index (χ2n) is 5.94.